The standard InChI is InChI=1S/C15H14N4O/c1-2-17-12-6-7-18-14(9-12)15(20)19-13-5-3-4-11(8-13)10-16/h3-9H,2H2,1H3,(H,17,18)(H,19,20). The van der Waals surface area contributed by atoms with Gasteiger partial charge in [0.2, 0.25) is 0 Å². The number of nitrogens with one attached hydrogen (secondary N) is 2. The zero-order valence-corrected chi connectivity index (χ0v) is 11.1. The summed E-state index contributed by atoms with van der Waals surface area (Å²) in [5.74, 6) is -0.306. The Morgan fingerprint density at radius 1 is 1.30 bits per heavy atom. The molecule has 0 aliphatic heterocycles. The highest BCUT2D eigenvalue weighted by molar-refractivity contribution is 6.03. The highest BCUT2D eigenvalue weighted by Gasteiger charge is 2.08. The molecule has 0 saturated heterocycles. The van der Waals surface area contributed by atoms with E-state index < -0.39 is 0 Å². The Morgan fingerprint density at radius 3 is 2.90 bits per heavy atom. The summed E-state index contributed by atoms with van der Waals surface area (Å²) in [4.78, 5) is 16.1. The third-order valence-electron chi connectivity index (χ3n) is 2.62. The number of nitriles is 1. The maximum atomic E-state index is 12.1. The van der Waals surface area contributed by atoms with Gasteiger partial charge in [0.1, 0.15) is 5.69 Å². The van der Waals surface area contributed by atoms with Crippen molar-refractivity contribution in [2.75, 3.05) is 17.2 Å². The lowest BCUT2D eigenvalue weighted by molar-refractivity contribution is 0.102. The normalized spacial score (nSPS) is 9.60. The van der Waals surface area contributed by atoms with E-state index in [0.717, 1.165) is 12.2 Å². The van der Waals surface area contributed by atoms with Gasteiger partial charge in [0, 0.05) is 24.1 Å². The lowest BCUT2D eigenvalue weighted by Gasteiger charge is -2.07. The fourth-order valence-electron chi connectivity index (χ4n) is 1.73. The van der Waals surface area contributed by atoms with Gasteiger partial charge in [-0.05, 0) is 37.3 Å². The minimum absolute atomic E-state index is 0.306. The molecule has 1 heterocycles. The van der Waals surface area contributed by atoms with Gasteiger partial charge in [0.15, 0.2) is 0 Å². The van der Waals surface area contributed by atoms with Crippen LogP contribution in [0.4, 0.5) is 11.4 Å². The van der Waals surface area contributed by atoms with E-state index in [1.165, 1.54) is 0 Å². The van der Waals surface area contributed by atoms with Gasteiger partial charge >= 0.3 is 0 Å². The number of aromatic nitrogens is 1. The first-order valence-corrected chi connectivity index (χ1v) is 6.24. The summed E-state index contributed by atoms with van der Waals surface area (Å²) < 4.78 is 0. The quantitative estimate of drug-likeness (QED) is 0.891. The van der Waals surface area contributed by atoms with Crippen molar-refractivity contribution in [2.45, 2.75) is 6.92 Å². The lowest BCUT2D eigenvalue weighted by atomic mass is 10.2. The number of hydrogen-bond donors (Lipinski definition) is 2. The third-order valence-corrected chi connectivity index (χ3v) is 2.62. The van der Waals surface area contributed by atoms with Crippen molar-refractivity contribution in [3.63, 3.8) is 0 Å². The molecule has 20 heavy (non-hydrogen) atoms. The van der Waals surface area contributed by atoms with Crippen LogP contribution in [0.3, 0.4) is 0 Å². The van der Waals surface area contributed by atoms with Gasteiger partial charge in [0.25, 0.3) is 5.91 Å². The van der Waals surface area contributed by atoms with Crippen LogP contribution in [0.15, 0.2) is 42.6 Å². The maximum absolute atomic E-state index is 12.1. The topological polar surface area (TPSA) is 77.8 Å². The van der Waals surface area contributed by atoms with Crippen LogP contribution in [-0.4, -0.2) is 17.4 Å². The molecule has 0 spiro atoms. The average Bonchev–Trinajstić information content (AvgIpc) is 2.48. The van der Waals surface area contributed by atoms with Gasteiger partial charge in [-0.1, -0.05) is 6.07 Å². The van der Waals surface area contributed by atoms with Crippen LogP contribution in [-0.2, 0) is 0 Å². The summed E-state index contributed by atoms with van der Waals surface area (Å²) in [5.41, 5.74) is 2.24. The molecule has 100 valence electrons. The van der Waals surface area contributed by atoms with Crippen molar-refractivity contribution in [2.24, 2.45) is 0 Å². The molecule has 0 aliphatic carbocycles. The minimum Gasteiger partial charge on any atom is -0.385 e. The summed E-state index contributed by atoms with van der Waals surface area (Å²) in [5, 5.41) is 14.7. The number of nitrogens with zero attached hydrogens (tertiary/aromatic N) is 2. The first-order chi connectivity index (χ1) is 9.72. The molecule has 1 amide bonds. The second-order valence-corrected chi connectivity index (χ2v) is 4.11. The van der Waals surface area contributed by atoms with Gasteiger partial charge in [-0.25, -0.2) is 0 Å². The van der Waals surface area contributed by atoms with Crippen LogP contribution in [0.2, 0.25) is 0 Å². The molecule has 0 radical (unpaired) electrons. The number of benzene rings is 1. The number of amides is 1. The molecule has 0 bridgehead atoms. The first-order valence-electron chi connectivity index (χ1n) is 6.24. The van der Waals surface area contributed by atoms with Crippen LogP contribution >= 0.6 is 0 Å². The first kappa shape index (κ1) is 13.6. The van der Waals surface area contributed by atoms with Crippen molar-refractivity contribution in [3.05, 3.63) is 53.9 Å². The van der Waals surface area contributed by atoms with E-state index in [2.05, 4.69) is 15.6 Å². The van der Waals surface area contributed by atoms with E-state index in [9.17, 15) is 4.79 Å². The predicted octanol–water partition coefficient (Wildman–Crippen LogP) is 2.64. The van der Waals surface area contributed by atoms with Crippen LogP contribution in [0.1, 0.15) is 23.0 Å². The summed E-state index contributed by atoms with van der Waals surface area (Å²) in [7, 11) is 0. The van der Waals surface area contributed by atoms with Crippen LogP contribution < -0.4 is 10.6 Å². The Bertz CT molecular complexity index is 661. The van der Waals surface area contributed by atoms with Crippen molar-refractivity contribution >= 4 is 17.3 Å². The SMILES string of the molecule is CCNc1ccnc(C(=O)Nc2cccc(C#N)c2)c1. The third kappa shape index (κ3) is 3.33. The Morgan fingerprint density at radius 2 is 2.15 bits per heavy atom. The largest absolute Gasteiger partial charge is 0.385 e. The molecule has 0 atom stereocenters. The fourth-order valence-corrected chi connectivity index (χ4v) is 1.73. The summed E-state index contributed by atoms with van der Waals surface area (Å²) in [6.07, 6.45) is 1.58. The molecule has 0 saturated carbocycles. The molecule has 1 aromatic carbocycles. The number of rotatable bonds is 4. The van der Waals surface area contributed by atoms with Crippen molar-refractivity contribution < 1.29 is 4.79 Å². The highest BCUT2D eigenvalue weighted by Crippen LogP contribution is 2.13. The van der Waals surface area contributed by atoms with Gasteiger partial charge in [-0.3, -0.25) is 9.78 Å². The van der Waals surface area contributed by atoms with Gasteiger partial charge in [-0.15, -0.1) is 0 Å². The minimum atomic E-state index is -0.306. The fraction of sp³-hybridized carbons (Fsp3) is 0.133. The summed E-state index contributed by atoms with van der Waals surface area (Å²) >= 11 is 0. The van der Waals surface area contributed by atoms with E-state index >= 15 is 0 Å². The smallest absolute Gasteiger partial charge is 0.274 e. The van der Waals surface area contributed by atoms with Crippen LogP contribution in [0, 0.1) is 11.3 Å². The molecule has 2 rings (SSSR count). The number of carbonyl (C=O) groups is 1. The van der Waals surface area contributed by atoms with Gasteiger partial charge < -0.3 is 10.6 Å². The van der Waals surface area contributed by atoms with Crippen molar-refractivity contribution in [1.82, 2.24) is 4.98 Å². The Labute approximate surface area is 117 Å². The molecule has 2 aromatic rings. The molecule has 0 unspecified atom stereocenters. The van der Waals surface area contributed by atoms with E-state index in [4.69, 9.17) is 5.26 Å². The second-order valence-electron chi connectivity index (χ2n) is 4.11. The van der Waals surface area contributed by atoms with E-state index in [1.54, 1.807) is 42.6 Å². The average molecular weight is 266 g/mol. The molecule has 5 heteroatoms. The Kier molecular flexibility index (Phi) is 4.30. The number of anilines is 2. The molecular formula is C15H14N4O. The molecular weight excluding hydrogens is 252 g/mol. The zero-order valence-electron chi connectivity index (χ0n) is 11.1. The van der Waals surface area contributed by atoms with E-state index in [1.807, 2.05) is 13.0 Å². The second kappa shape index (κ2) is 6.34. The molecule has 2 N–H and O–H groups in total. The lowest BCUT2D eigenvalue weighted by Crippen LogP contribution is -2.14. The molecule has 1 aromatic heterocycles. The summed E-state index contributed by atoms with van der Waals surface area (Å²) in [6.45, 7) is 2.75. The van der Waals surface area contributed by atoms with E-state index in [-0.39, 0.29) is 5.91 Å². The Balaban J connectivity index is 2.15. The van der Waals surface area contributed by atoms with Crippen LogP contribution in [0.5, 0.6) is 0 Å². The van der Waals surface area contributed by atoms with E-state index in [0.29, 0.717) is 16.9 Å². The van der Waals surface area contributed by atoms with Crippen molar-refractivity contribution in [3.8, 4) is 6.07 Å². The Hall–Kier alpha value is -2.87. The number of carbonyl (C=O) groups excluding carboxylic acids is 1. The molecule has 5 nitrogen and oxygen atoms in total. The predicted molar refractivity (Wildman–Crippen MR) is 77.5 cm³/mol. The van der Waals surface area contributed by atoms with Crippen LogP contribution in [0.25, 0.3) is 0 Å². The highest BCUT2D eigenvalue weighted by atomic mass is 16.1. The molecule has 0 fully saturated rings. The van der Waals surface area contributed by atoms with Gasteiger partial charge in [0.05, 0.1) is 11.6 Å². The number of hydrogen-bond acceptors (Lipinski definition) is 4. The summed E-state index contributed by atoms with van der Waals surface area (Å²) in [6, 6.07) is 12.3. The maximum Gasteiger partial charge on any atom is 0.274 e. The zero-order chi connectivity index (χ0) is 14.4. The molecule has 0 aliphatic rings. The van der Waals surface area contributed by atoms with Crippen molar-refractivity contribution in [1.29, 1.82) is 5.26 Å². The number of pyridine rings is 1. The van der Waals surface area contributed by atoms with Gasteiger partial charge in [-0.2, -0.15) is 5.26 Å². The monoisotopic (exact) mass is 266 g/mol.